The molecule has 1 heterocycles. The summed E-state index contributed by atoms with van der Waals surface area (Å²) < 4.78 is 15.8. The Balaban J connectivity index is 1.62. The lowest BCUT2D eigenvalue weighted by atomic mass is 10.0. The number of benzene rings is 2. The molecule has 0 N–H and O–H groups in total. The van der Waals surface area contributed by atoms with Gasteiger partial charge in [0.1, 0.15) is 11.3 Å². The van der Waals surface area contributed by atoms with Crippen molar-refractivity contribution < 1.29 is 23.5 Å². The van der Waals surface area contributed by atoms with Gasteiger partial charge in [0.2, 0.25) is 0 Å². The number of esters is 1. The van der Waals surface area contributed by atoms with Crippen LogP contribution in [0.1, 0.15) is 27.0 Å². The maximum Gasteiger partial charge on any atom is 0.310 e. The van der Waals surface area contributed by atoms with Gasteiger partial charge in [-0.05, 0) is 49.2 Å². The van der Waals surface area contributed by atoms with Crippen molar-refractivity contribution in [3.8, 4) is 5.75 Å². The number of aryl methyl sites for hydroxylation is 2. The highest BCUT2D eigenvalue weighted by molar-refractivity contribution is 5.98. The summed E-state index contributed by atoms with van der Waals surface area (Å²) in [5.41, 5.74) is 4.19. The summed E-state index contributed by atoms with van der Waals surface area (Å²) in [5.74, 6) is -0.0618. The van der Waals surface area contributed by atoms with Crippen molar-refractivity contribution in [2.75, 3.05) is 13.7 Å². The van der Waals surface area contributed by atoms with Crippen molar-refractivity contribution in [3.05, 3.63) is 64.9 Å². The number of hydrogen-bond donors (Lipinski definition) is 0. The average Bonchev–Trinajstić information content (AvgIpc) is 3.06. The third-order valence-electron chi connectivity index (χ3n) is 4.45. The molecule has 0 saturated carbocycles. The van der Waals surface area contributed by atoms with E-state index in [0.717, 1.165) is 27.7 Å². The van der Waals surface area contributed by atoms with Crippen molar-refractivity contribution in [1.29, 1.82) is 0 Å². The van der Waals surface area contributed by atoms with E-state index in [2.05, 4.69) is 0 Å². The lowest BCUT2D eigenvalue weighted by molar-refractivity contribution is -0.141. The van der Waals surface area contributed by atoms with Crippen LogP contribution >= 0.6 is 0 Å². The highest BCUT2D eigenvalue weighted by atomic mass is 16.5. The molecule has 0 saturated heterocycles. The highest BCUT2D eigenvalue weighted by Crippen LogP contribution is 2.26. The van der Waals surface area contributed by atoms with Gasteiger partial charge in [0.25, 0.3) is 0 Å². The van der Waals surface area contributed by atoms with Gasteiger partial charge in [-0.25, -0.2) is 0 Å². The molecule has 3 rings (SSSR count). The molecule has 0 bridgehead atoms. The second-order valence-corrected chi connectivity index (χ2v) is 6.13. The van der Waals surface area contributed by atoms with E-state index in [1.165, 1.54) is 0 Å². The predicted octanol–water partition coefficient (Wildman–Crippen LogP) is 4.03. The van der Waals surface area contributed by atoms with E-state index in [1.807, 2.05) is 26.0 Å². The first-order chi connectivity index (χ1) is 12.5. The molecule has 0 aliphatic heterocycles. The molecule has 5 heteroatoms. The molecule has 0 aliphatic carbocycles. The fraction of sp³-hybridized carbons (Fsp3) is 0.238. The Morgan fingerprint density at radius 2 is 1.77 bits per heavy atom. The largest absolute Gasteiger partial charge is 0.497 e. The van der Waals surface area contributed by atoms with Crippen molar-refractivity contribution in [2.24, 2.45) is 0 Å². The van der Waals surface area contributed by atoms with E-state index >= 15 is 0 Å². The van der Waals surface area contributed by atoms with Crippen molar-refractivity contribution >= 4 is 22.7 Å². The van der Waals surface area contributed by atoms with Crippen molar-refractivity contribution in [1.82, 2.24) is 0 Å². The summed E-state index contributed by atoms with van der Waals surface area (Å²) in [6, 6.07) is 10.6. The van der Waals surface area contributed by atoms with Gasteiger partial charge >= 0.3 is 5.97 Å². The van der Waals surface area contributed by atoms with Gasteiger partial charge in [0, 0.05) is 16.5 Å². The summed E-state index contributed by atoms with van der Waals surface area (Å²) in [7, 11) is 1.56. The number of methoxy groups -OCH3 is 1. The molecule has 2 aromatic carbocycles. The molecule has 3 aromatic rings. The third kappa shape index (κ3) is 3.61. The Morgan fingerprint density at radius 1 is 1.04 bits per heavy atom. The van der Waals surface area contributed by atoms with Gasteiger partial charge in [0.15, 0.2) is 12.4 Å². The molecule has 0 fully saturated rings. The van der Waals surface area contributed by atoms with Crippen LogP contribution in [0, 0.1) is 13.8 Å². The molecule has 0 spiro atoms. The number of carbonyl (C=O) groups is 2. The molecule has 0 atom stereocenters. The third-order valence-corrected chi connectivity index (χ3v) is 4.45. The number of ether oxygens (including phenoxy) is 2. The minimum atomic E-state index is -0.465. The zero-order chi connectivity index (χ0) is 18.7. The average molecular weight is 352 g/mol. The molecule has 5 nitrogen and oxygen atoms in total. The van der Waals surface area contributed by atoms with Gasteiger partial charge in [-0.15, -0.1) is 0 Å². The van der Waals surface area contributed by atoms with Gasteiger partial charge in [-0.3, -0.25) is 9.59 Å². The number of ketones is 1. The zero-order valence-electron chi connectivity index (χ0n) is 15.0. The Kier molecular flexibility index (Phi) is 5.07. The summed E-state index contributed by atoms with van der Waals surface area (Å²) in [6.07, 6.45) is 1.63. The summed E-state index contributed by atoms with van der Waals surface area (Å²) in [6.45, 7) is 3.70. The first-order valence-electron chi connectivity index (χ1n) is 8.28. The maximum atomic E-state index is 12.1. The van der Waals surface area contributed by atoms with Gasteiger partial charge in [0.05, 0.1) is 19.8 Å². The van der Waals surface area contributed by atoms with Gasteiger partial charge in [-0.2, -0.15) is 0 Å². The Bertz CT molecular complexity index is 950. The number of furan rings is 1. The summed E-state index contributed by atoms with van der Waals surface area (Å²) in [4.78, 5) is 24.2. The fourth-order valence-corrected chi connectivity index (χ4v) is 2.74. The van der Waals surface area contributed by atoms with Crippen LogP contribution in [0.2, 0.25) is 0 Å². The molecule has 0 radical (unpaired) electrons. The van der Waals surface area contributed by atoms with Crippen molar-refractivity contribution in [3.63, 3.8) is 0 Å². The van der Waals surface area contributed by atoms with E-state index in [0.29, 0.717) is 11.3 Å². The number of Topliss-reactive ketones (excluding diaryl/α,β-unsaturated/α-hetero) is 1. The number of hydrogen-bond acceptors (Lipinski definition) is 5. The SMILES string of the molecule is COc1ccc(C(=O)COC(=O)Cc2coc3c(C)c(C)ccc23)cc1. The molecule has 0 amide bonds. The van der Waals surface area contributed by atoms with E-state index in [-0.39, 0.29) is 18.8 Å². The summed E-state index contributed by atoms with van der Waals surface area (Å²) in [5, 5.41) is 0.895. The van der Waals surface area contributed by atoms with Crippen LogP contribution in [-0.4, -0.2) is 25.5 Å². The van der Waals surface area contributed by atoms with E-state index in [4.69, 9.17) is 13.9 Å². The molecule has 0 aliphatic rings. The van der Waals surface area contributed by atoms with E-state index in [9.17, 15) is 9.59 Å². The highest BCUT2D eigenvalue weighted by Gasteiger charge is 2.15. The number of rotatable bonds is 6. The minimum Gasteiger partial charge on any atom is -0.497 e. The molecule has 26 heavy (non-hydrogen) atoms. The zero-order valence-corrected chi connectivity index (χ0v) is 15.0. The molecular weight excluding hydrogens is 332 g/mol. The van der Waals surface area contributed by atoms with Gasteiger partial charge < -0.3 is 13.9 Å². The van der Waals surface area contributed by atoms with Crippen LogP contribution < -0.4 is 4.74 Å². The van der Waals surface area contributed by atoms with Crippen LogP contribution in [-0.2, 0) is 16.0 Å². The molecular formula is C21H20O5. The van der Waals surface area contributed by atoms with Crippen LogP contribution in [0.3, 0.4) is 0 Å². The minimum absolute atomic E-state index is 0.0609. The quantitative estimate of drug-likeness (QED) is 0.495. The Morgan fingerprint density at radius 3 is 2.46 bits per heavy atom. The second kappa shape index (κ2) is 7.44. The molecule has 0 unspecified atom stereocenters. The van der Waals surface area contributed by atoms with Crippen LogP contribution in [0.15, 0.2) is 47.1 Å². The van der Waals surface area contributed by atoms with Crippen LogP contribution in [0.5, 0.6) is 5.75 Å². The van der Waals surface area contributed by atoms with E-state index in [1.54, 1.807) is 37.6 Å². The van der Waals surface area contributed by atoms with Crippen LogP contribution in [0.25, 0.3) is 11.0 Å². The topological polar surface area (TPSA) is 65.7 Å². The lowest BCUT2D eigenvalue weighted by Gasteiger charge is -2.05. The summed E-state index contributed by atoms with van der Waals surface area (Å²) >= 11 is 0. The first-order valence-corrected chi connectivity index (χ1v) is 8.28. The number of carbonyl (C=O) groups excluding carboxylic acids is 2. The normalized spacial score (nSPS) is 10.7. The van der Waals surface area contributed by atoms with E-state index < -0.39 is 5.97 Å². The Labute approximate surface area is 151 Å². The smallest absolute Gasteiger partial charge is 0.310 e. The predicted molar refractivity (Wildman–Crippen MR) is 97.7 cm³/mol. The maximum absolute atomic E-state index is 12.1. The second-order valence-electron chi connectivity index (χ2n) is 6.13. The molecule has 1 aromatic heterocycles. The first kappa shape index (κ1) is 17.7. The monoisotopic (exact) mass is 352 g/mol. The number of fused-ring (bicyclic) bond motifs is 1. The Hall–Kier alpha value is -3.08. The van der Waals surface area contributed by atoms with Crippen LogP contribution in [0.4, 0.5) is 0 Å². The van der Waals surface area contributed by atoms with Crippen molar-refractivity contribution in [2.45, 2.75) is 20.3 Å². The van der Waals surface area contributed by atoms with Gasteiger partial charge in [-0.1, -0.05) is 12.1 Å². The molecule has 134 valence electrons. The standard InChI is InChI=1S/C21H20O5/c1-13-4-9-18-16(11-26-21(18)14(13)2)10-20(23)25-12-19(22)15-5-7-17(24-3)8-6-15/h4-9,11H,10,12H2,1-3H3. The lowest BCUT2D eigenvalue weighted by Crippen LogP contribution is -2.15. The fourth-order valence-electron chi connectivity index (χ4n) is 2.74.